The lowest BCUT2D eigenvalue weighted by Crippen LogP contribution is -2.36. The van der Waals surface area contributed by atoms with Gasteiger partial charge >= 0.3 is 12.1 Å². The maximum atomic E-state index is 12.1. The van der Waals surface area contributed by atoms with Crippen molar-refractivity contribution in [2.45, 2.75) is 25.6 Å². The average molecular weight is 275 g/mol. The maximum Gasteiger partial charge on any atom is 0.391 e. The second-order valence-electron chi connectivity index (χ2n) is 4.08. The average Bonchev–Trinajstić information content (AvgIpc) is 2.26. The zero-order valence-electron chi connectivity index (χ0n) is 9.99. The number of hydrogen-bond donors (Lipinski definition) is 2. The van der Waals surface area contributed by atoms with E-state index in [9.17, 15) is 22.8 Å². The third-order valence-electron chi connectivity index (χ3n) is 2.29. The minimum atomic E-state index is -4.37. The molecule has 104 valence electrons. The molecule has 0 aliphatic rings. The second kappa shape index (κ2) is 5.73. The van der Waals surface area contributed by atoms with Gasteiger partial charge in [-0.15, -0.1) is 0 Å². The number of amides is 1. The number of carboxylic acid groups (broad SMARTS) is 1. The van der Waals surface area contributed by atoms with Gasteiger partial charge in [0.2, 0.25) is 0 Å². The van der Waals surface area contributed by atoms with E-state index in [2.05, 4.69) is 5.32 Å². The van der Waals surface area contributed by atoms with Crippen LogP contribution in [0.3, 0.4) is 0 Å². The third-order valence-corrected chi connectivity index (χ3v) is 2.29. The Balaban J connectivity index is 2.73. The van der Waals surface area contributed by atoms with Crippen LogP contribution < -0.4 is 5.32 Å². The highest BCUT2D eigenvalue weighted by Crippen LogP contribution is 2.21. The van der Waals surface area contributed by atoms with Crippen molar-refractivity contribution < 1.29 is 27.9 Å². The Bertz CT molecular complexity index is 485. The van der Waals surface area contributed by atoms with Gasteiger partial charge in [0, 0.05) is 11.6 Å². The summed E-state index contributed by atoms with van der Waals surface area (Å²) >= 11 is 0. The van der Waals surface area contributed by atoms with Gasteiger partial charge in [0.05, 0.1) is 12.0 Å². The molecule has 0 saturated carbocycles. The number of alkyl halides is 3. The van der Waals surface area contributed by atoms with Crippen LogP contribution in [0.25, 0.3) is 0 Å². The SMILES string of the molecule is CC(CC(F)(F)F)NC(=O)c1cccc(C(=O)O)c1. The molecule has 0 heterocycles. The van der Waals surface area contributed by atoms with Crippen LogP contribution in [0, 0.1) is 0 Å². The number of rotatable bonds is 4. The molecule has 0 aliphatic carbocycles. The van der Waals surface area contributed by atoms with Gasteiger partial charge in [-0.3, -0.25) is 4.79 Å². The topological polar surface area (TPSA) is 66.4 Å². The van der Waals surface area contributed by atoms with Crippen molar-refractivity contribution in [3.63, 3.8) is 0 Å². The van der Waals surface area contributed by atoms with Gasteiger partial charge in [-0.25, -0.2) is 4.79 Å². The van der Waals surface area contributed by atoms with E-state index >= 15 is 0 Å². The van der Waals surface area contributed by atoms with Crippen molar-refractivity contribution in [1.29, 1.82) is 0 Å². The van der Waals surface area contributed by atoms with Gasteiger partial charge in [-0.05, 0) is 25.1 Å². The third kappa shape index (κ3) is 4.99. The fourth-order valence-corrected chi connectivity index (χ4v) is 1.50. The summed E-state index contributed by atoms with van der Waals surface area (Å²) in [5.41, 5.74) is -0.0925. The molecule has 0 aromatic heterocycles. The Morgan fingerprint density at radius 3 is 2.42 bits per heavy atom. The molecule has 0 radical (unpaired) electrons. The molecule has 0 fully saturated rings. The van der Waals surface area contributed by atoms with Crippen molar-refractivity contribution in [3.05, 3.63) is 35.4 Å². The fraction of sp³-hybridized carbons (Fsp3) is 0.333. The first kappa shape index (κ1) is 15.0. The Hall–Kier alpha value is -2.05. The van der Waals surface area contributed by atoms with Crippen LogP contribution in [0.4, 0.5) is 13.2 Å². The normalized spacial score (nSPS) is 12.8. The first-order chi connectivity index (χ1) is 8.69. The van der Waals surface area contributed by atoms with Gasteiger partial charge in [0.1, 0.15) is 0 Å². The van der Waals surface area contributed by atoms with Gasteiger partial charge < -0.3 is 10.4 Å². The lowest BCUT2D eigenvalue weighted by molar-refractivity contribution is -0.138. The minimum absolute atomic E-state index is 0.00826. The van der Waals surface area contributed by atoms with E-state index in [1.165, 1.54) is 25.1 Å². The van der Waals surface area contributed by atoms with Crippen LogP contribution in [0.5, 0.6) is 0 Å². The smallest absolute Gasteiger partial charge is 0.391 e. The predicted octanol–water partition coefficient (Wildman–Crippen LogP) is 2.46. The molecule has 1 amide bonds. The number of carboxylic acids is 1. The molecule has 1 aromatic carbocycles. The fourth-order valence-electron chi connectivity index (χ4n) is 1.50. The summed E-state index contributed by atoms with van der Waals surface area (Å²) in [7, 11) is 0. The van der Waals surface area contributed by atoms with E-state index in [4.69, 9.17) is 5.11 Å². The van der Waals surface area contributed by atoms with Crippen LogP contribution in [0.2, 0.25) is 0 Å². The van der Waals surface area contributed by atoms with Gasteiger partial charge in [-0.1, -0.05) is 6.07 Å². The number of nitrogens with one attached hydrogen (secondary N) is 1. The summed E-state index contributed by atoms with van der Waals surface area (Å²) in [5.74, 6) is -1.95. The van der Waals surface area contributed by atoms with Gasteiger partial charge in [0.15, 0.2) is 0 Å². The van der Waals surface area contributed by atoms with E-state index in [1.807, 2.05) is 0 Å². The van der Waals surface area contributed by atoms with Crippen molar-refractivity contribution in [2.75, 3.05) is 0 Å². The molecule has 1 rings (SSSR count). The van der Waals surface area contributed by atoms with Crippen molar-refractivity contribution in [2.24, 2.45) is 0 Å². The summed E-state index contributed by atoms with van der Waals surface area (Å²) in [5, 5.41) is 10.9. The molecule has 0 bridgehead atoms. The number of halogens is 3. The maximum absolute atomic E-state index is 12.1. The van der Waals surface area contributed by atoms with E-state index in [1.54, 1.807) is 0 Å². The first-order valence-corrected chi connectivity index (χ1v) is 5.40. The Labute approximate surface area is 107 Å². The summed E-state index contributed by atoms with van der Waals surface area (Å²) in [4.78, 5) is 22.3. The first-order valence-electron chi connectivity index (χ1n) is 5.40. The van der Waals surface area contributed by atoms with E-state index in [0.717, 1.165) is 6.07 Å². The molecule has 2 N–H and O–H groups in total. The highest BCUT2D eigenvalue weighted by molar-refractivity contribution is 5.97. The van der Waals surface area contributed by atoms with Crippen molar-refractivity contribution in [1.82, 2.24) is 5.32 Å². The number of carbonyl (C=O) groups is 2. The standard InChI is InChI=1S/C12H12F3NO3/c1-7(6-12(13,14)15)16-10(17)8-3-2-4-9(5-8)11(18)19/h2-5,7H,6H2,1H3,(H,16,17)(H,18,19). The Kier molecular flexibility index (Phi) is 4.52. The molecule has 19 heavy (non-hydrogen) atoms. The number of benzene rings is 1. The Morgan fingerprint density at radius 1 is 1.32 bits per heavy atom. The molecule has 0 saturated heterocycles. The summed E-state index contributed by atoms with van der Waals surface area (Å²) in [6.07, 6.45) is -5.51. The molecular weight excluding hydrogens is 263 g/mol. The Morgan fingerprint density at radius 2 is 1.89 bits per heavy atom. The molecular formula is C12H12F3NO3. The molecule has 0 spiro atoms. The molecule has 1 atom stereocenters. The largest absolute Gasteiger partial charge is 0.478 e. The minimum Gasteiger partial charge on any atom is -0.478 e. The van der Waals surface area contributed by atoms with Crippen LogP contribution in [0.15, 0.2) is 24.3 Å². The summed E-state index contributed by atoms with van der Waals surface area (Å²) < 4.78 is 36.3. The highest BCUT2D eigenvalue weighted by Gasteiger charge is 2.30. The van der Waals surface area contributed by atoms with Crippen LogP contribution >= 0.6 is 0 Å². The molecule has 1 unspecified atom stereocenters. The molecule has 7 heteroatoms. The van der Waals surface area contributed by atoms with E-state index < -0.39 is 30.5 Å². The highest BCUT2D eigenvalue weighted by atomic mass is 19.4. The molecule has 4 nitrogen and oxygen atoms in total. The molecule has 1 aromatic rings. The monoisotopic (exact) mass is 275 g/mol. The summed E-state index contributed by atoms with van der Waals surface area (Å²) in [6.45, 7) is 1.23. The quantitative estimate of drug-likeness (QED) is 0.887. The lowest BCUT2D eigenvalue weighted by Gasteiger charge is -2.15. The second-order valence-corrected chi connectivity index (χ2v) is 4.08. The van der Waals surface area contributed by atoms with Gasteiger partial charge in [-0.2, -0.15) is 13.2 Å². The van der Waals surface area contributed by atoms with E-state index in [0.29, 0.717) is 0 Å². The van der Waals surface area contributed by atoms with Gasteiger partial charge in [0.25, 0.3) is 5.91 Å². The van der Waals surface area contributed by atoms with Crippen molar-refractivity contribution >= 4 is 11.9 Å². The van der Waals surface area contributed by atoms with E-state index in [-0.39, 0.29) is 11.1 Å². The van der Waals surface area contributed by atoms with Crippen LogP contribution in [0.1, 0.15) is 34.1 Å². The number of carbonyl (C=O) groups excluding carboxylic acids is 1. The number of aromatic carboxylic acids is 1. The zero-order chi connectivity index (χ0) is 14.6. The van der Waals surface area contributed by atoms with Crippen LogP contribution in [-0.2, 0) is 0 Å². The van der Waals surface area contributed by atoms with Crippen molar-refractivity contribution in [3.8, 4) is 0 Å². The predicted molar refractivity (Wildman–Crippen MR) is 61.0 cm³/mol. The van der Waals surface area contributed by atoms with Crippen LogP contribution in [-0.4, -0.2) is 29.2 Å². The number of hydrogen-bond acceptors (Lipinski definition) is 2. The molecule has 0 aliphatic heterocycles. The lowest BCUT2D eigenvalue weighted by atomic mass is 10.1. The zero-order valence-corrected chi connectivity index (χ0v) is 9.99. The summed E-state index contributed by atoms with van der Waals surface area (Å²) in [6, 6.07) is 4.01.